The van der Waals surface area contributed by atoms with Crippen molar-refractivity contribution in [3.63, 3.8) is 0 Å². The molecule has 1 aliphatic rings. The number of urea groups is 1. The molecule has 0 saturated heterocycles. The second kappa shape index (κ2) is 9.32. The minimum absolute atomic E-state index is 0.195. The molecule has 0 aliphatic carbocycles. The Morgan fingerprint density at radius 1 is 1.18 bits per heavy atom. The van der Waals surface area contributed by atoms with Gasteiger partial charge in [-0.3, -0.25) is 4.90 Å². The number of carbonyl (C=O) groups excluding carboxylic acids is 1. The van der Waals surface area contributed by atoms with Crippen molar-refractivity contribution in [1.29, 1.82) is 0 Å². The molecule has 0 bridgehead atoms. The van der Waals surface area contributed by atoms with E-state index in [2.05, 4.69) is 15.5 Å². The first-order valence-corrected chi connectivity index (χ1v) is 11.8. The van der Waals surface area contributed by atoms with Gasteiger partial charge in [0, 0.05) is 21.2 Å². The Morgan fingerprint density at radius 2 is 2.00 bits per heavy atom. The monoisotopic (exact) mass is 492 g/mol. The Bertz CT molecular complexity index is 1350. The summed E-state index contributed by atoms with van der Waals surface area (Å²) in [6.45, 7) is 2.35. The van der Waals surface area contributed by atoms with E-state index < -0.39 is 6.04 Å². The molecule has 1 aliphatic heterocycles. The molecule has 5 rings (SSSR count). The average molecular weight is 493 g/mol. The highest BCUT2D eigenvalue weighted by Crippen LogP contribution is 2.39. The van der Waals surface area contributed by atoms with Crippen LogP contribution >= 0.6 is 22.9 Å². The highest BCUT2D eigenvalue weighted by molar-refractivity contribution is 7.09. The molecule has 0 saturated carbocycles. The lowest BCUT2D eigenvalue weighted by Crippen LogP contribution is -2.45. The molecule has 0 fully saturated rings. The molecule has 1 N–H and O–H groups in total. The third kappa shape index (κ3) is 4.30. The molecule has 3 heterocycles. The fourth-order valence-electron chi connectivity index (χ4n) is 3.93. The van der Waals surface area contributed by atoms with E-state index in [4.69, 9.17) is 20.9 Å². The second-order valence-electron chi connectivity index (χ2n) is 7.75. The van der Waals surface area contributed by atoms with E-state index in [9.17, 15) is 4.79 Å². The van der Waals surface area contributed by atoms with Crippen LogP contribution in [0.5, 0.6) is 5.75 Å². The lowest BCUT2D eigenvalue weighted by molar-refractivity contribution is 0.203. The van der Waals surface area contributed by atoms with Crippen molar-refractivity contribution >= 4 is 34.5 Å². The molecular weight excluding hydrogens is 472 g/mol. The maximum atomic E-state index is 13.2. The summed E-state index contributed by atoms with van der Waals surface area (Å²) in [5.74, 6) is 1.47. The minimum atomic E-state index is -0.485. The molecule has 0 radical (unpaired) electrons. The Labute approximate surface area is 205 Å². The minimum Gasteiger partial charge on any atom is -0.497 e. The summed E-state index contributed by atoms with van der Waals surface area (Å²) in [6.07, 6.45) is 0. The van der Waals surface area contributed by atoms with Gasteiger partial charge in [-0.15, -0.1) is 11.3 Å². The number of halogens is 1. The zero-order valence-corrected chi connectivity index (χ0v) is 20.1. The van der Waals surface area contributed by atoms with Gasteiger partial charge >= 0.3 is 6.03 Å². The molecule has 2 aromatic carbocycles. The normalized spacial score (nSPS) is 16.0. The number of benzene rings is 2. The van der Waals surface area contributed by atoms with Gasteiger partial charge in [-0.1, -0.05) is 35.0 Å². The van der Waals surface area contributed by atoms with Crippen LogP contribution in [0.15, 0.2) is 76.3 Å². The standard InChI is InChI=1S/C25H21ClN4O3S/c1-15-21(24-28-23(29-33-24)16-8-10-18(26)11-9-16)22(17-5-3-6-19(13-17)32-2)27-25(31)30(15)14-20-7-4-12-34-20/h3-13,22H,14H2,1-2H3,(H,27,31). The third-order valence-electron chi connectivity index (χ3n) is 5.68. The summed E-state index contributed by atoms with van der Waals surface area (Å²) in [6, 6.07) is 18.1. The zero-order chi connectivity index (χ0) is 23.7. The molecule has 172 valence electrons. The predicted molar refractivity (Wildman–Crippen MR) is 131 cm³/mol. The van der Waals surface area contributed by atoms with E-state index in [1.54, 1.807) is 35.5 Å². The highest BCUT2D eigenvalue weighted by atomic mass is 35.5. The molecule has 1 atom stereocenters. The summed E-state index contributed by atoms with van der Waals surface area (Å²) >= 11 is 7.62. The summed E-state index contributed by atoms with van der Waals surface area (Å²) in [5.41, 5.74) is 3.11. The van der Waals surface area contributed by atoms with Gasteiger partial charge in [-0.05, 0) is 60.3 Å². The Hall–Kier alpha value is -3.62. The number of carbonyl (C=O) groups is 1. The number of methoxy groups -OCH3 is 1. The largest absolute Gasteiger partial charge is 0.497 e. The van der Waals surface area contributed by atoms with Crippen LogP contribution in [0.4, 0.5) is 4.79 Å². The van der Waals surface area contributed by atoms with Crippen LogP contribution in [0.25, 0.3) is 17.0 Å². The zero-order valence-electron chi connectivity index (χ0n) is 18.5. The van der Waals surface area contributed by atoms with E-state index in [0.29, 0.717) is 29.0 Å². The van der Waals surface area contributed by atoms with E-state index >= 15 is 0 Å². The molecule has 0 spiro atoms. The van der Waals surface area contributed by atoms with Gasteiger partial charge in [0.05, 0.1) is 25.3 Å². The van der Waals surface area contributed by atoms with Gasteiger partial charge < -0.3 is 14.6 Å². The second-order valence-corrected chi connectivity index (χ2v) is 9.22. The van der Waals surface area contributed by atoms with Crippen molar-refractivity contribution in [1.82, 2.24) is 20.4 Å². The van der Waals surface area contributed by atoms with Crippen molar-refractivity contribution in [3.05, 3.63) is 93.1 Å². The van der Waals surface area contributed by atoms with Crippen molar-refractivity contribution in [2.24, 2.45) is 0 Å². The van der Waals surface area contributed by atoms with E-state index in [0.717, 1.165) is 27.3 Å². The van der Waals surface area contributed by atoms with Crippen LogP contribution in [0.2, 0.25) is 5.02 Å². The smallest absolute Gasteiger partial charge is 0.322 e. The first kappa shape index (κ1) is 22.2. The van der Waals surface area contributed by atoms with Crippen LogP contribution < -0.4 is 10.1 Å². The lowest BCUT2D eigenvalue weighted by atomic mass is 9.94. The molecule has 34 heavy (non-hydrogen) atoms. The van der Waals surface area contributed by atoms with Gasteiger partial charge in [-0.2, -0.15) is 4.98 Å². The van der Waals surface area contributed by atoms with Crippen LogP contribution in [-0.4, -0.2) is 28.2 Å². The Balaban J connectivity index is 1.60. The number of nitrogens with one attached hydrogen (secondary N) is 1. The maximum absolute atomic E-state index is 13.2. The van der Waals surface area contributed by atoms with Crippen molar-refractivity contribution in [2.75, 3.05) is 7.11 Å². The Morgan fingerprint density at radius 3 is 2.74 bits per heavy atom. The number of rotatable bonds is 6. The lowest BCUT2D eigenvalue weighted by Gasteiger charge is -2.35. The molecule has 4 aromatic rings. The maximum Gasteiger partial charge on any atom is 0.322 e. The molecule has 9 heteroatoms. The van der Waals surface area contributed by atoms with Gasteiger partial charge in [0.2, 0.25) is 5.82 Å². The number of thiophene rings is 1. The van der Waals surface area contributed by atoms with Crippen LogP contribution in [-0.2, 0) is 6.54 Å². The van der Waals surface area contributed by atoms with Crippen molar-refractivity contribution < 1.29 is 14.1 Å². The summed E-state index contributed by atoms with van der Waals surface area (Å²) in [4.78, 5) is 20.6. The summed E-state index contributed by atoms with van der Waals surface area (Å²) < 4.78 is 11.1. The van der Waals surface area contributed by atoms with Crippen LogP contribution in [0, 0.1) is 0 Å². The fourth-order valence-corrected chi connectivity index (χ4v) is 4.75. The molecular formula is C25H21ClN4O3S. The van der Waals surface area contributed by atoms with E-state index in [1.807, 2.05) is 60.8 Å². The Kier molecular flexibility index (Phi) is 6.08. The highest BCUT2D eigenvalue weighted by Gasteiger charge is 2.36. The quantitative estimate of drug-likeness (QED) is 0.348. The van der Waals surface area contributed by atoms with Crippen LogP contribution in [0.1, 0.15) is 29.3 Å². The van der Waals surface area contributed by atoms with Gasteiger partial charge in [0.15, 0.2) is 0 Å². The summed E-state index contributed by atoms with van der Waals surface area (Å²) in [5, 5.41) is 9.93. The molecule has 2 aromatic heterocycles. The number of aromatic nitrogens is 2. The molecule has 2 amide bonds. The summed E-state index contributed by atoms with van der Waals surface area (Å²) in [7, 11) is 1.61. The number of hydrogen-bond acceptors (Lipinski definition) is 6. The number of ether oxygens (including phenoxy) is 1. The number of allylic oxidation sites excluding steroid dienone is 1. The first-order valence-electron chi connectivity index (χ1n) is 10.6. The topological polar surface area (TPSA) is 80.5 Å². The predicted octanol–water partition coefficient (Wildman–Crippen LogP) is 6.16. The van der Waals surface area contributed by atoms with Crippen molar-refractivity contribution in [3.8, 4) is 17.1 Å². The fraction of sp³-hybridized carbons (Fsp3) is 0.160. The van der Waals surface area contributed by atoms with E-state index in [1.165, 1.54) is 0 Å². The van der Waals surface area contributed by atoms with E-state index in [-0.39, 0.29) is 6.03 Å². The SMILES string of the molecule is COc1cccc(C2NC(=O)N(Cc3cccs3)C(C)=C2c2nc(-c3ccc(Cl)cc3)no2)c1. The first-order chi connectivity index (χ1) is 16.5. The average Bonchev–Trinajstić information content (AvgIpc) is 3.54. The third-order valence-corrected chi connectivity index (χ3v) is 6.79. The van der Waals surface area contributed by atoms with Gasteiger partial charge in [0.1, 0.15) is 5.75 Å². The van der Waals surface area contributed by atoms with Crippen LogP contribution in [0.3, 0.4) is 0 Å². The molecule has 7 nitrogen and oxygen atoms in total. The number of amides is 2. The van der Waals surface area contributed by atoms with Gasteiger partial charge in [-0.25, -0.2) is 4.79 Å². The number of nitrogens with zero attached hydrogens (tertiary/aromatic N) is 3. The van der Waals surface area contributed by atoms with Gasteiger partial charge in [0.25, 0.3) is 5.89 Å². The molecule has 1 unspecified atom stereocenters. The number of hydrogen-bond donors (Lipinski definition) is 1. The van der Waals surface area contributed by atoms with Crippen molar-refractivity contribution in [2.45, 2.75) is 19.5 Å².